The number of fused-ring (bicyclic) bond motifs is 7. The zero-order valence-corrected chi connectivity index (χ0v) is 17.8. The van der Waals surface area contributed by atoms with Gasteiger partial charge in [0.1, 0.15) is 0 Å². The van der Waals surface area contributed by atoms with Crippen molar-refractivity contribution in [1.82, 2.24) is 9.97 Å². The van der Waals surface area contributed by atoms with E-state index in [4.69, 9.17) is 9.97 Å². The molecule has 28 heavy (non-hydrogen) atoms. The molecule has 5 aromatic rings. The molecular weight excluding hydrogens is 340 g/mol. The predicted octanol–water partition coefficient (Wildman–Crippen LogP) is 8.17. The van der Waals surface area contributed by atoms with Gasteiger partial charge in [-0.2, -0.15) is 0 Å². The standard InChI is InChI=1S/C20H12N2.3C2H6/c1-3-9-15-13(7-1)14-8-2-4-10-16(14)20-19(15)21-17-11-5-6-12-18(17)22-20;3*1-2/h1-12H;3*1-2H3. The summed E-state index contributed by atoms with van der Waals surface area (Å²) in [5.41, 5.74) is 3.84. The molecule has 1 aromatic heterocycles. The van der Waals surface area contributed by atoms with Crippen LogP contribution >= 0.6 is 0 Å². The van der Waals surface area contributed by atoms with Crippen molar-refractivity contribution < 1.29 is 0 Å². The second-order valence-electron chi connectivity index (χ2n) is 5.50. The molecule has 0 saturated heterocycles. The predicted molar refractivity (Wildman–Crippen MR) is 126 cm³/mol. The Morgan fingerprint density at radius 2 is 0.679 bits per heavy atom. The average Bonchev–Trinajstić information content (AvgIpc) is 2.82. The molecule has 0 bridgehead atoms. The summed E-state index contributed by atoms with van der Waals surface area (Å²) in [6.45, 7) is 12.0. The summed E-state index contributed by atoms with van der Waals surface area (Å²) >= 11 is 0. The van der Waals surface area contributed by atoms with E-state index < -0.39 is 0 Å². The number of hydrogen-bond acceptors (Lipinski definition) is 2. The summed E-state index contributed by atoms with van der Waals surface area (Å²) < 4.78 is 0. The van der Waals surface area contributed by atoms with Crippen molar-refractivity contribution in [2.45, 2.75) is 41.5 Å². The Labute approximate surface area is 168 Å². The quantitative estimate of drug-likeness (QED) is 0.203. The molecule has 0 unspecified atom stereocenters. The van der Waals surface area contributed by atoms with Gasteiger partial charge >= 0.3 is 0 Å². The monoisotopic (exact) mass is 370 g/mol. The lowest BCUT2D eigenvalue weighted by Crippen LogP contribution is -1.90. The maximum absolute atomic E-state index is 4.89. The number of nitrogens with zero attached hydrogens (tertiary/aromatic N) is 2. The Hall–Kier alpha value is -3.00. The lowest BCUT2D eigenvalue weighted by atomic mass is 9.99. The molecule has 2 heteroatoms. The molecule has 0 fully saturated rings. The molecule has 0 aliphatic heterocycles. The summed E-state index contributed by atoms with van der Waals surface area (Å²) in [5.74, 6) is 0. The largest absolute Gasteiger partial charge is 0.244 e. The van der Waals surface area contributed by atoms with Crippen LogP contribution in [0.1, 0.15) is 41.5 Å². The molecule has 0 atom stereocenters. The van der Waals surface area contributed by atoms with Gasteiger partial charge < -0.3 is 0 Å². The molecular formula is C26H30N2. The van der Waals surface area contributed by atoms with Crippen molar-refractivity contribution >= 4 is 43.6 Å². The van der Waals surface area contributed by atoms with Gasteiger partial charge in [0.25, 0.3) is 0 Å². The summed E-state index contributed by atoms with van der Waals surface area (Å²) in [7, 11) is 0. The van der Waals surface area contributed by atoms with Crippen LogP contribution in [-0.2, 0) is 0 Å². The minimum absolute atomic E-state index is 0.940. The minimum atomic E-state index is 0.940. The van der Waals surface area contributed by atoms with Gasteiger partial charge in [-0.1, -0.05) is 102 Å². The van der Waals surface area contributed by atoms with Gasteiger partial charge in [-0.3, -0.25) is 0 Å². The molecule has 0 radical (unpaired) electrons. The maximum atomic E-state index is 4.89. The van der Waals surface area contributed by atoms with Crippen LogP contribution in [0, 0.1) is 0 Å². The Kier molecular flexibility index (Phi) is 7.88. The van der Waals surface area contributed by atoms with Gasteiger partial charge in [0.15, 0.2) is 0 Å². The third-order valence-electron chi connectivity index (χ3n) is 4.23. The second kappa shape index (κ2) is 10.4. The molecule has 0 aliphatic rings. The van der Waals surface area contributed by atoms with Crippen LogP contribution in [0.3, 0.4) is 0 Å². The van der Waals surface area contributed by atoms with Crippen molar-refractivity contribution in [3.63, 3.8) is 0 Å². The van der Waals surface area contributed by atoms with Crippen molar-refractivity contribution in [2.75, 3.05) is 0 Å². The highest BCUT2D eigenvalue weighted by Crippen LogP contribution is 2.33. The Balaban J connectivity index is 0.000000430. The van der Waals surface area contributed by atoms with Gasteiger partial charge in [-0.05, 0) is 22.9 Å². The van der Waals surface area contributed by atoms with Gasteiger partial charge in [-0.15, -0.1) is 0 Å². The van der Waals surface area contributed by atoms with E-state index in [9.17, 15) is 0 Å². The Bertz CT molecular complexity index is 1080. The van der Waals surface area contributed by atoms with E-state index in [1.54, 1.807) is 0 Å². The number of benzene rings is 4. The maximum Gasteiger partial charge on any atom is 0.0979 e. The zero-order valence-electron chi connectivity index (χ0n) is 17.8. The van der Waals surface area contributed by atoms with Crippen molar-refractivity contribution in [3.05, 3.63) is 72.8 Å². The minimum Gasteiger partial charge on any atom is -0.244 e. The highest BCUT2D eigenvalue weighted by molar-refractivity contribution is 6.23. The highest BCUT2D eigenvalue weighted by Gasteiger charge is 2.11. The van der Waals surface area contributed by atoms with E-state index in [1.807, 2.05) is 65.8 Å². The smallest absolute Gasteiger partial charge is 0.0979 e. The number of rotatable bonds is 0. The van der Waals surface area contributed by atoms with Crippen molar-refractivity contribution in [1.29, 1.82) is 0 Å². The van der Waals surface area contributed by atoms with E-state index in [0.717, 1.165) is 32.8 Å². The fourth-order valence-corrected chi connectivity index (χ4v) is 3.22. The van der Waals surface area contributed by atoms with Crippen LogP contribution in [0.2, 0.25) is 0 Å². The van der Waals surface area contributed by atoms with E-state index in [1.165, 1.54) is 10.8 Å². The number of para-hydroxylation sites is 2. The summed E-state index contributed by atoms with van der Waals surface area (Å²) in [5, 5.41) is 4.79. The van der Waals surface area contributed by atoms with E-state index in [2.05, 4.69) is 48.5 Å². The van der Waals surface area contributed by atoms with Crippen molar-refractivity contribution in [3.8, 4) is 0 Å². The van der Waals surface area contributed by atoms with Gasteiger partial charge in [-0.25, -0.2) is 9.97 Å². The van der Waals surface area contributed by atoms with E-state index >= 15 is 0 Å². The molecule has 0 amide bonds. The van der Waals surface area contributed by atoms with Gasteiger partial charge in [0.2, 0.25) is 0 Å². The zero-order chi connectivity index (χ0) is 20.5. The Morgan fingerprint density at radius 1 is 0.393 bits per heavy atom. The van der Waals surface area contributed by atoms with Crippen LogP contribution in [0.15, 0.2) is 72.8 Å². The molecule has 0 saturated carbocycles. The first kappa shape index (κ1) is 21.3. The highest BCUT2D eigenvalue weighted by atomic mass is 14.8. The van der Waals surface area contributed by atoms with Crippen LogP contribution < -0.4 is 0 Å². The summed E-state index contributed by atoms with van der Waals surface area (Å²) in [4.78, 5) is 9.79. The van der Waals surface area contributed by atoms with Crippen LogP contribution in [0.5, 0.6) is 0 Å². The molecule has 144 valence electrons. The number of hydrogen-bond donors (Lipinski definition) is 0. The molecule has 1 heterocycles. The molecule has 0 spiro atoms. The summed E-state index contributed by atoms with van der Waals surface area (Å²) in [6, 6.07) is 24.9. The lowest BCUT2D eigenvalue weighted by molar-refractivity contribution is 1.42. The number of aromatic nitrogens is 2. The van der Waals surface area contributed by atoms with E-state index in [-0.39, 0.29) is 0 Å². The third kappa shape index (κ3) is 3.82. The lowest BCUT2D eigenvalue weighted by Gasteiger charge is -2.09. The first-order chi connectivity index (χ1) is 13.9. The van der Waals surface area contributed by atoms with Crippen molar-refractivity contribution in [2.24, 2.45) is 0 Å². The second-order valence-corrected chi connectivity index (χ2v) is 5.50. The molecule has 0 N–H and O–H groups in total. The third-order valence-corrected chi connectivity index (χ3v) is 4.23. The van der Waals surface area contributed by atoms with Gasteiger partial charge in [0.05, 0.1) is 22.1 Å². The average molecular weight is 371 g/mol. The molecule has 5 rings (SSSR count). The molecule has 0 aliphatic carbocycles. The SMILES string of the molecule is CC.CC.CC.c1ccc2nc3c4ccccc4c4ccccc4c3nc2c1. The van der Waals surface area contributed by atoms with E-state index in [0.29, 0.717) is 0 Å². The first-order valence-corrected chi connectivity index (χ1v) is 10.4. The molecule has 4 aromatic carbocycles. The van der Waals surface area contributed by atoms with Crippen LogP contribution in [-0.4, -0.2) is 9.97 Å². The summed E-state index contributed by atoms with van der Waals surface area (Å²) in [6.07, 6.45) is 0. The van der Waals surface area contributed by atoms with Crippen LogP contribution in [0.25, 0.3) is 43.6 Å². The molecule has 2 nitrogen and oxygen atoms in total. The normalized spacial score (nSPS) is 9.79. The van der Waals surface area contributed by atoms with Crippen LogP contribution in [0.4, 0.5) is 0 Å². The topological polar surface area (TPSA) is 25.8 Å². The fraction of sp³-hybridized carbons (Fsp3) is 0.231. The fourth-order valence-electron chi connectivity index (χ4n) is 3.22. The Morgan fingerprint density at radius 3 is 1.04 bits per heavy atom. The first-order valence-electron chi connectivity index (χ1n) is 10.4. The van der Waals surface area contributed by atoms with Gasteiger partial charge in [0, 0.05) is 10.8 Å².